The van der Waals surface area contributed by atoms with Gasteiger partial charge in [-0.3, -0.25) is 9.78 Å². The van der Waals surface area contributed by atoms with Crippen molar-refractivity contribution < 1.29 is 14.6 Å². The number of rotatable bonds is 7. The maximum atomic E-state index is 10.7. The van der Waals surface area contributed by atoms with E-state index in [4.69, 9.17) is 9.84 Å². The quantitative estimate of drug-likeness (QED) is 0.671. The van der Waals surface area contributed by atoms with E-state index in [-0.39, 0.29) is 6.42 Å². The Morgan fingerprint density at radius 2 is 2.17 bits per heavy atom. The molecule has 0 amide bonds. The molecule has 5 nitrogen and oxygen atoms in total. The number of aryl methyl sites for hydroxylation is 1. The summed E-state index contributed by atoms with van der Waals surface area (Å²) < 4.78 is 7.47. The standard InChI is InChI=1S/C19H20N2O3/c1-24-16-8-9-18-17(11-16)14(5-2-3-7-19(22)23)13-21(18)15-6-4-10-20-12-15/h4,6,8-13H,2-3,5,7H2,1H3,(H,22,23). The summed E-state index contributed by atoms with van der Waals surface area (Å²) in [5, 5.41) is 9.91. The second kappa shape index (κ2) is 7.17. The lowest BCUT2D eigenvalue weighted by Crippen LogP contribution is -1.95. The third kappa shape index (κ3) is 3.40. The number of pyridine rings is 1. The number of aromatic nitrogens is 2. The van der Waals surface area contributed by atoms with Gasteiger partial charge in [-0.25, -0.2) is 0 Å². The van der Waals surface area contributed by atoms with Crippen LogP contribution in [0.5, 0.6) is 5.75 Å². The summed E-state index contributed by atoms with van der Waals surface area (Å²) in [6.45, 7) is 0. The molecule has 0 unspecified atom stereocenters. The predicted molar refractivity (Wildman–Crippen MR) is 92.8 cm³/mol. The number of fused-ring (bicyclic) bond motifs is 1. The molecule has 0 fully saturated rings. The van der Waals surface area contributed by atoms with Gasteiger partial charge >= 0.3 is 5.97 Å². The van der Waals surface area contributed by atoms with Crippen LogP contribution in [0.4, 0.5) is 0 Å². The maximum absolute atomic E-state index is 10.7. The van der Waals surface area contributed by atoms with Gasteiger partial charge in [-0.1, -0.05) is 0 Å². The molecule has 0 radical (unpaired) electrons. The number of carbonyl (C=O) groups is 1. The van der Waals surface area contributed by atoms with E-state index in [2.05, 4.69) is 15.7 Å². The van der Waals surface area contributed by atoms with Crippen molar-refractivity contribution in [3.63, 3.8) is 0 Å². The van der Waals surface area contributed by atoms with Crippen molar-refractivity contribution >= 4 is 16.9 Å². The van der Waals surface area contributed by atoms with Crippen LogP contribution in [0.15, 0.2) is 48.9 Å². The van der Waals surface area contributed by atoms with E-state index in [1.165, 1.54) is 5.56 Å². The average molecular weight is 324 g/mol. The fraction of sp³-hybridized carbons (Fsp3) is 0.263. The SMILES string of the molecule is COc1ccc2c(c1)c(CCCCC(=O)O)cn2-c1cccnc1. The lowest BCUT2D eigenvalue weighted by molar-refractivity contribution is -0.137. The summed E-state index contributed by atoms with van der Waals surface area (Å²) in [6, 6.07) is 9.96. The molecule has 0 bridgehead atoms. The molecule has 1 N–H and O–H groups in total. The second-order valence-corrected chi connectivity index (χ2v) is 5.72. The van der Waals surface area contributed by atoms with Gasteiger partial charge in [-0.2, -0.15) is 0 Å². The van der Waals surface area contributed by atoms with Crippen molar-refractivity contribution in [2.75, 3.05) is 7.11 Å². The van der Waals surface area contributed by atoms with Gasteiger partial charge in [0.2, 0.25) is 0 Å². The van der Waals surface area contributed by atoms with Crippen LogP contribution in [0.25, 0.3) is 16.6 Å². The third-order valence-electron chi connectivity index (χ3n) is 4.10. The summed E-state index contributed by atoms with van der Waals surface area (Å²) in [4.78, 5) is 14.9. The molecule has 124 valence electrons. The van der Waals surface area contributed by atoms with Crippen molar-refractivity contribution in [2.24, 2.45) is 0 Å². The van der Waals surface area contributed by atoms with Crippen LogP contribution < -0.4 is 4.74 Å². The number of hydrogen-bond acceptors (Lipinski definition) is 3. The van der Waals surface area contributed by atoms with E-state index in [1.807, 2.05) is 36.5 Å². The Hall–Kier alpha value is -2.82. The molecule has 5 heteroatoms. The molecule has 0 aliphatic carbocycles. The molecule has 0 saturated heterocycles. The lowest BCUT2D eigenvalue weighted by Gasteiger charge is -2.05. The summed E-state index contributed by atoms with van der Waals surface area (Å²) in [7, 11) is 1.66. The van der Waals surface area contributed by atoms with Gasteiger partial charge in [0, 0.05) is 24.2 Å². The van der Waals surface area contributed by atoms with E-state index < -0.39 is 5.97 Å². The summed E-state index contributed by atoms with van der Waals surface area (Å²) in [5.74, 6) is 0.0766. The predicted octanol–water partition coefficient (Wildman–Crippen LogP) is 3.83. The molecular weight excluding hydrogens is 304 g/mol. The van der Waals surface area contributed by atoms with Crippen LogP contribution >= 0.6 is 0 Å². The van der Waals surface area contributed by atoms with Crippen LogP contribution in [-0.2, 0) is 11.2 Å². The molecule has 3 rings (SSSR count). The molecule has 3 aromatic rings. The fourth-order valence-corrected chi connectivity index (χ4v) is 2.91. The summed E-state index contributed by atoms with van der Waals surface area (Å²) in [5.41, 5.74) is 3.29. The number of hydrogen-bond donors (Lipinski definition) is 1. The first-order chi connectivity index (χ1) is 11.7. The van der Waals surface area contributed by atoms with E-state index >= 15 is 0 Å². The monoisotopic (exact) mass is 324 g/mol. The molecule has 0 aliphatic heterocycles. The number of aliphatic carboxylic acids is 1. The second-order valence-electron chi connectivity index (χ2n) is 5.72. The summed E-state index contributed by atoms with van der Waals surface area (Å²) in [6.07, 6.45) is 8.27. The number of methoxy groups -OCH3 is 1. The number of carboxylic acid groups (broad SMARTS) is 1. The van der Waals surface area contributed by atoms with Gasteiger partial charge in [0.25, 0.3) is 0 Å². The first kappa shape index (κ1) is 16.1. The molecule has 0 saturated carbocycles. The zero-order valence-electron chi connectivity index (χ0n) is 13.6. The van der Waals surface area contributed by atoms with E-state index in [0.29, 0.717) is 6.42 Å². The van der Waals surface area contributed by atoms with Gasteiger partial charge < -0.3 is 14.4 Å². The Kier molecular flexibility index (Phi) is 4.79. The Labute approximate surface area is 140 Å². The Morgan fingerprint density at radius 3 is 2.88 bits per heavy atom. The van der Waals surface area contributed by atoms with Crippen molar-refractivity contribution in [3.8, 4) is 11.4 Å². The zero-order chi connectivity index (χ0) is 16.9. The van der Waals surface area contributed by atoms with Crippen LogP contribution in [0.3, 0.4) is 0 Å². The number of ether oxygens (including phenoxy) is 1. The third-order valence-corrected chi connectivity index (χ3v) is 4.10. The minimum Gasteiger partial charge on any atom is -0.497 e. The number of unbranched alkanes of at least 4 members (excludes halogenated alkanes) is 1. The first-order valence-electron chi connectivity index (χ1n) is 7.99. The van der Waals surface area contributed by atoms with Crippen LogP contribution in [0.1, 0.15) is 24.8 Å². The van der Waals surface area contributed by atoms with E-state index in [1.54, 1.807) is 13.3 Å². The zero-order valence-corrected chi connectivity index (χ0v) is 13.6. The largest absolute Gasteiger partial charge is 0.497 e. The van der Waals surface area contributed by atoms with Gasteiger partial charge in [-0.05, 0) is 55.2 Å². The molecule has 24 heavy (non-hydrogen) atoms. The Balaban J connectivity index is 1.96. The highest BCUT2D eigenvalue weighted by atomic mass is 16.5. The van der Waals surface area contributed by atoms with E-state index in [9.17, 15) is 4.79 Å². The lowest BCUT2D eigenvalue weighted by atomic mass is 10.1. The van der Waals surface area contributed by atoms with E-state index in [0.717, 1.165) is 35.2 Å². The van der Waals surface area contributed by atoms with Gasteiger partial charge in [-0.15, -0.1) is 0 Å². The van der Waals surface area contributed by atoms with Crippen LogP contribution in [-0.4, -0.2) is 27.7 Å². The average Bonchev–Trinajstić information content (AvgIpc) is 2.97. The highest BCUT2D eigenvalue weighted by Gasteiger charge is 2.11. The van der Waals surface area contributed by atoms with Crippen LogP contribution in [0.2, 0.25) is 0 Å². The number of carboxylic acids is 1. The van der Waals surface area contributed by atoms with Crippen molar-refractivity contribution in [2.45, 2.75) is 25.7 Å². The minimum atomic E-state index is -0.741. The molecule has 1 aromatic carbocycles. The van der Waals surface area contributed by atoms with Crippen molar-refractivity contribution in [1.29, 1.82) is 0 Å². The number of benzene rings is 1. The van der Waals surface area contributed by atoms with Crippen molar-refractivity contribution in [3.05, 3.63) is 54.5 Å². The first-order valence-corrected chi connectivity index (χ1v) is 7.99. The Bertz CT molecular complexity index is 840. The Morgan fingerprint density at radius 1 is 1.29 bits per heavy atom. The highest BCUT2D eigenvalue weighted by Crippen LogP contribution is 2.29. The van der Waals surface area contributed by atoms with Gasteiger partial charge in [0.1, 0.15) is 5.75 Å². The minimum absolute atomic E-state index is 0.213. The van der Waals surface area contributed by atoms with Gasteiger partial charge in [0.15, 0.2) is 0 Å². The number of nitrogens with zero attached hydrogens (tertiary/aromatic N) is 2. The van der Waals surface area contributed by atoms with Crippen LogP contribution in [0, 0.1) is 0 Å². The van der Waals surface area contributed by atoms with Crippen molar-refractivity contribution in [1.82, 2.24) is 9.55 Å². The topological polar surface area (TPSA) is 64.3 Å². The smallest absolute Gasteiger partial charge is 0.303 e. The molecular formula is C19H20N2O3. The molecule has 2 aromatic heterocycles. The highest BCUT2D eigenvalue weighted by molar-refractivity contribution is 5.87. The normalized spacial score (nSPS) is 10.9. The van der Waals surface area contributed by atoms with Gasteiger partial charge in [0.05, 0.1) is 24.5 Å². The fourth-order valence-electron chi connectivity index (χ4n) is 2.91. The molecule has 0 atom stereocenters. The summed E-state index contributed by atoms with van der Waals surface area (Å²) >= 11 is 0. The maximum Gasteiger partial charge on any atom is 0.303 e. The molecule has 2 heterocycles. The molecule has 0 aliphatic rings. The molecule has 0 spiro atoms.